The molecule has 3 fully saturated rings. The minimum atomic E-state index is -1.14. The molecular formula is C29H40N2O6. The zero-order valence-electron chi connectivity index (χ0n) is 22.6. The smallest absolute Gasteiger partial charge is 0.312 e. The summed E-state index contributed by atoms with van der Waals surface area (Å²) in [4.78, 5) is 45.1. The molecule has 0 aromatic heterocycles. The second-order valence-electron chi connectivity index (χ2n) is 11.0. The van der Waals surface area contributed by atoms with Crippen molar-refractivity contribution in [1.82, 2.24) is 4.90 Å². The molecule has 1 aromatic rings. The summed E-state index contributed by atoms with van der Waals surface area (Å²) in [6, 6.07) is 4.31. The van der Waals surface area contributed by atoms with E-state index in [1.807, 2.05) is 45.9 Å². The van der Waals surface area contributed by atoms with Gasteiger partial charge in [0.05, 0.1) is 37.2 Å². The SMILES string of the molecule is C=CCN(C(=O)C1N([C@@H](CO)CC(C)C)C(=O)[C@@H]2[C@H](C(=O)OCC)[C@@H]3CCC12O3)c1c(C)cccc1C. The molecule has 8 nitrogen and oxygen atoms in total. The number of anilines is 1. The number of hydrogen-bond acceptors (Lipinski definition) is 6. The van der Waals surface area contributed by atoms with Gasteiger partial charge in [-0.25, -0.2) is 0 Å². The summed E-state index contributed by atoms with van der Waals surface area (Å²) in [6.07, 6.45) is 2.80. The van der Waals surface area contributed by atoms with Crippen LogP contribution in [0.4, 0.5) is 5.69 Å². The molecule has 3 saturated heterocycles. The van der Waals surface area contributed by atoms with E-state index in [-0.39, 0.29) is 37.5 Å². The average molecular weight is 513 g/mol. The van der Waals surface area contributed by atoms with Crippen LogP contribution in [0.25, 0.3) is 0 Å². The lowest BCUT2D eigenvalue weighted by atomic mass is 9.70. The summed E-state index contributed by atoms with van der Waals surface area (Å²) >= 11 is 0. The van der Waals surface area contributed by atoms with Gasteiger partial charge in [0.1, 0.15) is 11.6 Å². The average Bonchev–Trinajstić information content (AvgIpc) is 3.49. The molecular weight excluding hydrogens is 472 g/mol. The second-order valence-corrected chi connectivity index (χ2v) is 11.0. The van der Waals surface area contributed by atoms with Crippen LogP contribution in [0.2, 0.25) is 0 Å². The van der Waals surface area contributed by atoms with Gasteiger partial charge in [0, 0.05) is 12.2 Å². The van der Waals surface area contributed by atoms with E-state index in [9.17, 15) is 19.5 Å². The van der Waals surface area contributed by atoms with Crippen LogP contribution in [0.1, 0.15) is 51.2 Å². The molecule has 3 heterocycles. The van der Waals surface area contributed by atoms with E-state index in [4.69, 9.17) is 9.47 Å². The standard InChI is InChI=1S/C29H40N2O6/c1-7-14-30(24-18(5)10-9-11-19(24)6)27(34)25-29-13-12-21(37-29)22(28(35)36-8-2)23(29)26(33)31(25)20(16-32)15-17(3)4/h7,9-11,17,20-23,25,32H,1,8,12-16H2,2-6H3/t20-,21+,22-,23+,25?,29?/m1/s1. The van der Waals surface area contributed by atoms with Gasteiger partial charge in [0.25, 0.3) is 5.91 Å². The number of aliphatic hydroxyl groups is 1. The molecule has 202 valence electrons. The van der Waals surface area contributed by atoms with Crippen molar-refractivity contribution in [3.8, 4) is 0 Å². The maximum atomic E-state index is 14.6. The predicted molar refractivity (Wildman–Crippen MR) is 140 cm³/mol. The predicted octanol–water partition coefficient (Wildman–Crippen LogP) is 3.17. The van der Waals surface area contributed by atoms with E-state index in [1.54, 1.807) is 22.8 Å². The van der Waals surface area contributed by atoms with E-state index in [2.05, 4.69) is 6.58 Å². The summed E-state index contributed by atoms with van der Waals surface area (Å²) in [5.41, 5.74) is 1.50. The number of nitrogens with zero attached hydrogens (tertiary/aromatic N) is 2. The van der Waals surface area contributed by atoms with E-state index < -0.39 is 41.6 Å². The highest BCUT2D eigenvalue weighted by molar-refractivity contribution is 6.05. The fraction of sp³-hybridized carbons (Fsp3) is 0.621. The second kappa shape index (κ2) is 10.6. The number of ether oxygens (including phenoxy) is 2. The number of para-hydroxylation sites is 1. The van der Waals surface area contributed by atoms with Crippen molar-refractivity contribution < 1.29 is 29.0 Å². The van der Waals surface area contributed by atoms with Gasteiger partial charge in [-0.2, -0.15) is 0 Å². The first-order chi connectivity index (χ1) is 17.6. The number of rotatable bonds is 10. The first kappa shape index (κ1) is 27.3. The van der Waals surface area contributed by atoms with Crippen LogP contribution in [0.15, 0.2) is 30.9 Å². The van der Waals surface area contributed by atoms with Gasteiger partial charge in [-0.05, 0) is 57.1 Å². The number of carbonyl (C=O) groups is 3. The van der Waals surface area contributed by atoms with E-state index >= 15 is 0 Å². The minimum Gasteiger partial charge on any atom is -0.466 e. The van der Waals surface area contributed by atoms with Crippen LogP contribution in [0.5, 0.6) is 0 Å². The number of esters is 1. The van der Waals surface area contributed by atoms with Gasteiger partial charge in [0.2, 0.25) is 5.91 Å². The normalized spacial score (nSPS) is 28.9. The molecule has 1 N–H and O–H groups in total. The number of carbonyl (C=O) groups excluding carboxylic acids is 3. The monoisotopic (exact) mass is 512 g/mol. The van der Waals surface area contributed by atoms with Crippen LogP contribution < -0.4 is 4.90 Å². The van der Waals surface area contributed by atoms with Crippen LogP contribution in [-0.4, -0.2) is 71.3 Å². The van der Waals surface area contributed by atoms with E-state index in [0.29, 0.717) is 19.3 Å². The highest BCUT2D eigenvalue weighted by Crippen LogP contribution is 2.59. The molecule has 4 rings (SSSR count). The van der Waals surface area contributed by atoms with Crippen molar-refractivity contribution in [1.29, 1.82) is 0 Å². The summed E-state index contributed by atoms with van der Waals surface area (Å²) in [6.45, 7) is 13.7. The fourth-order valence-electron chi connectivity index (χ4n) is 6.89. The third-order valence-electron chi connectivity index (χ3n) is 8.17. The molecule has 0 radical (unpaired) electrons. The third-order valence-corrected chi connectivity index (χ3v) is 8.17. The highest BCUT2D eigenvalue weighted by Gasteiger charge is 2.75. The van der Waals surface area contributed by atoms with Crippen LogP contribution in [0.3, 0.4) is 0 Å². The largest absolute Gasteiger partial charge is 0.466 e. The van der Waals surface area contributed by atoms with Gasteiger partial charge < -0.3 is 24.4 Å². The van der Waals surface area contributed by atoms with Crippen molar-refractivity contribution in [2.45, 2.75) is 77.7 Å². The summed E-state index contributed by atoms with van der Waals surface area (Å²) in [5, 5.41) is 10.4. The third kappa shape index (κ3) is 4.38. The summed E-state index contributed by atoms with van der Waals surface area (Å²) < 4.78 is 11.9. The van der Waals surface area contributed by atoms with Crippen molar-refractivity contribution in [2.75, 3.05) is 24.7 Å². The van der Waals surface area contributed by atoms with Crippen molar-refractivity contribution >= 4 is 23.5 Å². The molecule has 0 aliphatic carbocycles. The summed E-state index contributed by atoms with van der Waals surface area (Å²) in [7, 11) is 0. The zero-order chi connectivity index (χ0) is 27.1. The molecule has 8 heteroatoms. The van der Waals surface area contributed by atoms with Gasteiger partial charge in [-0.3, -0.25) is 14.4 Å². The fourth-order valence-corrected chi connectivity index (χ4v) is 6.89. The molecule has 2 unspecified atom stereocenters. The van der Waals surface area contributed by atoms with E-state index in [0.717, 1.165) is 16.8 Å². The Morgan fingerprint density at radius 2 is 2.00 bits per heavy atom. The Kier molecular flexibility index (Phi) is 7.81. The topological polar surface area (TPSA) is 96.4 Å². The molecule has 37 heavy (non-hydrogen) atoms. The van der Waals surface area contributed by atoms with Gasteiger partial charge in [-0.15, -0.1) is 6.58 Å². The number of aliphatic hydroxyl groups excluding tert-OH is 1. The molecule has 0 saturated carbocycles. The lowest BCUT2D eigenvalue weighted by Gasteiger charge is -2.40. The molecule has 2 bridgehead atoms. The number of benzene rings is 1. The molecule has 1 spiro atoms. The van der Waals surface area contributed by atoms with Gasteiger partial charge in [-0.1, -0.05) is 38.1 Å². The van der Waals surface area contributed by atoms with Gasteiger partial charge in [0.15, 0.2) is 0 Å². The summed E-state index contributed by atoms with van der Waals surface area (Å²) in [5.74, 6) is -2.43. The molecule has 3 aliphatic heterocycles. The Bertz CT molecular complexity index is 1050. The lowest BCUT2D eigenvalue weighted by molar-refractivity contribution is -0.155. The maximum Gasteiger partial charge on any atom is 0.312 e. The molecule has 1 aromatic carbocycles. The van der Waals surface area contributed by atoms with Crippen LogP contribution in [-0.2, 0) is 23.9 Å². The Morgan fingerprint density at radius 1 is 1.32 bits per heavy atom. The molecule has 2 amide bonds. The van der Waals surface area contributed by atoms with Crippen LogP contribution >= 0.6 is 0 Å². The van der Waals surface area contributed by atoms with Gasteiger partial charge >= 0.3 is 5.97 Å². The number of hydrogen-bond donors (Lipinski definition) is 1. The zero-order valence-corrected chi connectivity index (χ0v) is 22.6. The minimum absolute atomic E-state index is 0.180. The first-order valence-corrected chi connectivity index (χ1v) is 13.4. The Labute approximate surface area is 219 Å². The number of likely N-dealkylation sites (tertiary alicyclic amines) is 1. The Balaban J connectivity index is 1.86. The molecule has 6 atom stereocenters. The Hall–Kier alpha value is -2.71. The van der Waals surface area contributed by atoms with E-state index in [1.165, 1.54) is 0 Å². The number of amides is 2. The van der Waals surface area contributed by atoms with Crippen molar-refractivity contribution in [3.63, 3.8) is 0 Å². The first-order valence-electron chi connectivity index (χ1n) is 13.4. The lowest BCUT2D eigenvalue weighted by Crippen LogP contribution is -2.59. The highest BCUT2D eigenvalue weighted by atomic mass is 16.6. The maximum absolute atomic E-state index is 14.6. The molecule has 3 aliphatic rings. The van der Waals surface area contributed by atoms with Crippen molar-refractivity contribution in [2.24, 2.45) is 17.8 Å². The van der Waals surface area contributed by atoms with Crippen molar-refractivity contribution in [3.05, 3.63) is 42.0 Å². The number of aryl methyl sites for hydroxylation is 2. The van der Waals surface area contributed by atoms with Crippen LogP contribution in [0, 0.1) is 31.6 Å². The Morgan fingerprint density at radius 3 is 2.57 bits per heavy atom. The number of fused-ring (bicyclic) bond motifs is 1. The quantitative estimate of drug-likeness (QED) is 0.382.